The van der Waals surface area contributed by atoms with Crippen LogP contribution in [0, 0.1) is 0 Å². The molecule has 0 fully saturated rings. The van der Waals surface area contributed by atoms with Crippen molar-refractivity contribution >= 4 is 6.29 Å². The van der Waals surface area contributed by atoms with E-state index in [1.165, 1.54) is 0 Å². The van der Waals surface area contributed by atoms with E-state index in [4.69, 9.17) is 14.2 Å². The van der Waals surface area contributed by atoms with Gasteiger partial charge in [-0.25, -0.2) is 0 Å². The van der Waals surface area contributed by atoms with E-state index < -0.39 is 0 Å². The molecule has 21 heavy (non-hydrogen) atoms. The van der Waals surface area contributed by atoms with Gasteiger partial charge in [-0.05, 0) is 30.7 Å². The Morgan fingerprint density at radius 2 is 1.62 bits per heavy atom. The highest BCUT2D eigenvalue weighted by atomic mass is 16.5. The number of ether oxygens (including phenoxy) is 3. The number of para-hydroxylation sites is 1. The van der Waals surface area contributed by atoms with Crippen LogP contribution in [0.3, 0.4) is 0 Å². The summed E-state index contributed by atoms with van der Waals surface area (Å²) in [5, 5.41) is 0. The third kappa shape index (κ3) is 2.99. The first-order chi connectivity index (χ1) is 10.2. The number of hydrogen-bond acceptors (Lipinski definition) is 4. The van der Waals surface area contributed by atoms with E-state index in [1.54, 1.807) is 26.4 Å². The van der Waals surface area contributed by atoms with Crippen LogP contribution in [-0.2, 0) is 0 Å². The van der Waals surface area contributed by atoms with Gasteiger partial charge in [0.05, 0.1) is 20.8 Å². The average molecular weight is 286 g/mol. The summed E-state index contributed by atoms with van der Waals surface area (Å²) in [4.78, 5) is 11.4. The lowest BCUT2D eigenvalue weighted by Crippen LogP contribution is -1.98. The van der Waals surface area contributed by atoms with Gasteiger partial charge < -0.3 is 14.2 Å². The minimum Gasteiger partial charge on any atom is -0.493 e. The summed E-state index contributed by atoms with van der Waals surface area (Å²) >= 11 is 0. The predicted molar refractivity (Wildman–Crippen MR) is 81.5 cm³/mol. The number of benzene rings is 2. The van der Waals surface area contributed by atoms with Crippen molar-refractivity contribution in [2.75, 3.05) is 20.8 Å². The minimum atomic E-state index is 0.525. The monoisotopic (exact) mass is 286 g/mol. The molecule has 0 aliphatic carbocycles. The molecule has 0 saturated heterocycles. The lowest BCUT2D eigenvalue weighted by molar-refractivity contribution is 0.112. The zero-order chi connectivity index (χ0) is 15.2. The molecule has 2 rings (SSSR count). The van der Waals surface area contributed by atoms with Crippen molar-refractivity contribution in [1.29, 1.82) is 0 Å². The molecule has 0 unspecified atom stereocenters. The molecule has 0 bridgehead atoms. The van der Waals surface area contributed by atoms with Gasteiger partial charge in [0.2, 0.25) is 0 Å². The maximum atomic E-state index is 11.4. The van der Waals surface area contributed by atoms with Crippen LogP contribution in [0.25, 0.3) is 11.1 Å². The molecular weight excluding hydrogens is 268 g/mol. The van der Waals surface area contributed by atoms with E-state index >= 15 is 0 Å². The highest BCUT2D eigenvalue weighted by Crippen LogP contribution is 2.38. The zero-order valence-corrected chi connectivity index (χ0v) is 12.4. The fourth-order valence-corrected chi connectivity index (χ4v) is 2.20. The summed E-state index contributed by atoms with van der Waals surface area (Å²) in [5.41, 5.74) is 2.13. The van der Waals surface area contributed by atoms with E-state index in [-0.39, 0.29) is 0 Å². The Morgan fingerprint density at radius 3 is 2.24 bits per heavy atom. The van der Waals surface area contributed by atoms with Gasteiger partial charge in [-0.2, -0.15) is 0 Å². The fraction of sp³-hybridized carbons (Fsp3) is 0.235. The van der Waals surface area contributed by atoms with Gasteiger partial charge in [0.1, 0.15) is 5.75 Å². The van der Waals surface area contributed by atoms with Crippen molar-refractivity contribution in [3.8, 4) is 28.4 Å². The Kier molecular flexibility index (Phi) is 4.82. The number of methoxy groups -OCH3 is 2. The molecule has 0 aliphatic heterocycles. The van der Waals surface area contributed by atoms with Gasteiger partial charge in [-0.15, -0.1) is 0 Å². The summed E-state index contributed by atoms with van der Waals surface area (Å²) in [6.45, 7) is 2.48. The quantitative estimate of drug-likeness (QED) is 0.761. The van der Waals surface area contributed by atoms with Gasteiger partial charge in [-0.3, -0.25) is 4.79 Å². The number of aldehydes is 1. The third-order valence-corrected chi connectivity index (χ3v) is 3.16. The molecule has 4 heteroatoms. The van der Waals surface area contributed by atoms with Crippen molar-refractivity contribution in [3.05, 3.63) is 42.0 Å². The largest absolute Gasteiger partial charge is 0.493 e. The first-order valence-corrected chi connectivity index (χ1v) is 6.68. The van der Waals surface area contributed by atoms with E-state index in [2.05, 4.69) is 0 Å². The van der Waals surface area contributed by atoms with Crippen LogP contribution in [0.1, 0.15) is 17.3 Å². The van der Waals surface area contributed by atoms with E-state index in [9.17, 15) is 4.79 Å². The highest BCUT2D eigenvalue weighted by molar-refractivity contribution is 5.91. The normalized spacial score (nSPS) is 10.0. The topological polar surface area (TPSA) is 44.8 Å². The lowest BCUT2D eigenvalue weighted by Gasteiger charge is -2.15. The molecule has 0 aromatic heterocycles. The molecule has 0 heterocycles. The van der Waals surface area contributed by atoms with E-state index in [1.807, 2.05) is 31.2 Å². The average Bonchev–Trinajstić information content (AvgIpc) is 2.54. The Morgan fingerprint density at radius 1 is 0.952 bits per heavy atom. The van der Waals surface area contributed by atoms with Crippen molar-refractivity contribution < 1.29 is 19.0 Å². The molecule has 0 amide bonds. The first-order valence-electron chi connectivity index (χ1n) is 6.68. The number of hydrogen-bond donors (Lipinski definition) is 0. The van der Waals surface area contributed by atoms with Crippen molar-refractivity contribution in [3.63, 3.8) is 0 Å². The van der Waals surface area contributed by atoms with Gasteiger partial charge in [-0.1, -0.05) is 18.2 Å². The predicted octanol–water partition coefficient (Wildman–Crippen LogP) is 3.58. The SMILES string of the molecule is CCOc1ccccc1-c1cc(OC)c(OC)cc1C=O. The van der Waals surface area contributed by atoms with Gasteiger partial charge >= 0.3 is 0 Å². The summed E-state index contributed by atoms with van der Waals surface area (Å²) in [7, 11) is 3.11. The van der Waals surface area contributed by atoms with Crippen molar-refractivity contribution in [2.24, 2.45) is 0 Å². The number of carbonyl (C=O) groups is 1. The molecule has 0 spiro atoms. The second-order valence-corrected chi connectivity index (χ2v) is 4.34. The summed E-state index contributed by atoms with van der Waals surface area (Å²) in [6.07, 6.45) is 0.806. The summed E-state index contributed by atoms with van der Waals surface area (Å²) in [6, 6.07) is 11.1. The molecule has 0 N–H and O–H groups in total. The fourth-order valence-electron chi connectivity index (χ4n) is 2.20. The Bertz CT molecular complexity index is 635. The van der Waals surface area contributed by atoms with Crippen LogP contribution in [0.15, 0.2) is 36.4 Å². The van der Waals surface area contributed by atoms with Crippen LogP contribution in [0.4, 0.5) is 0 Å². The number of rotatable bonds is 6. The van der Waals surface area contributed by atoms with Crippen molar-refractivity contribution in [2.45, 2.75) is 6.92 Å². The van der Waals surface area contributed by atoms with Crippen LogP contribution in [0.5, 0.6) is 17.2 Å². The van der Waals surface area contributed by atoms with E-state index in [0.29, 0.717) is 23.7 Å². The molecule has 0 aliphatic rings. The summed E-state index contributed by atoms with van der Waals surface area (Å²) in [5.74, 6) is 1.83. The summed E-state index contributed by atoms with van der Waals surface area (Å²) < 4.78 is 16.2. The van der Waals surface area contributed by atoms with Gasteiger partial charge in [0.25, 0.3) is 0 Å². The standard InChI is InChI=1S/C17H18O4/c1-4-21-15-8-6-5-7-13(15)14-10-17(20-3)16(19-2)9-12(14)11-18/h5-11H,4H2,1-3H3. The van der Waals surface area contributed by atoms with Gasteiger partial charge in [0, 0.05) is 11.1 Å². The second kappa shape index (κ2) is 6.79. The smallest absolute Gasteiger partial charge is 0.161 e. The molecule has 110 valence electrons. The maximum absolute atomic E-state index is 11.4. The second-order valence-electron chi connectivity index (χ2n) is 4.34. The molecule has 0 radical (unpaired) electrons. The van der Waals surface area contributed by atoms with Crippen LogP contribution >= 0.6 is 0 Å². The van der Waals surface area contributed by atoms with E-state index in [0.717, 1.165) is 23.2 Å². The molecule has 0 saturated carbocycles. The highest BCUT2D eigenvalue weighted by Gasteiger charge is 2.15. The molecule has 2 aromatic rings. The lowest BCUT2D eigenvalue weighted by atomic mass is 9.98. The van der Waals surface area contributed by atoms with Crippen molar-refractivity contribution in [1.82, 2.24) is 0 Å². The van der Waals surface area contributed by atoms with Crippen LogP contribution in [0.2, 0.25) is 0 Å². The first kappa shape index (κ1) is 14.9. The molecular formula is C17H18O4. The van der Waals surface area contributed by atoms with Gasteiger partial charge in [0.15, 0.2) is 17.8 Å². The maximum Gasteiger partial charge on any atom is 0.161 e. The third-order valence-electron chi connectivity index (χ3n) is 3.16. The minimum absolute atomic E-state index is 0.525. The van der Waals surface area contributed by atoms with Crippen LogP contribution in [-0.4, -0.2) is 27.1 Å². The number of carbonyl (C=O) groups excluding carboxylic acids is 1. The zero-order valence-electron chi connectivity index (χ0n) is 12.4. The molecule has 4 nitrogen and oxygen atoms in total. The molecule has 0 atom stereocenters. The Hall–Kier alpha value is -2.49. The molecule has 2 aromatic carbocycles. The Balaban J connectivity index is 2.65. The van der Waals surface area contributed by atoms with Crippen LogP contribution < -0.4 is 14.2 Å². The Labute approximate surface area is 124 Å².